The predicted octanol–water partition coefficient (Wildman–Crippen LogP) is 6.32. The van der Waals surface area contributed by atoms with Gasteiger partial charge in [-0.3, -0.25) is 10.1 Å². The summed E-state index contributed by atoms with van der Waals surface area (Å²) in [6.45, 7) is 9.58. The molecule has 1 fully saturated rings. The molecule has 0 spiro atoms. The zero-order valence-corrected chi connectivity index (χ0v) is 23.3. The number of carbonyl (C=O) groups excluding carboxylic acids is 2. The molecule has 8 nitrogen and oxygen atoms in total. The van der Waals surface area contributed by atoms with Crippen molar-refractivity contribution in [1.82, 2.24) is 5.32 Å². The minimum atomic E-state index is -0.856. The van der Waals surface area contributed by atoms with Crippen LogP contribution in [0.2, 0.25) is 0 Å². The Kier molecular flexibility index (Phi) is 11.8. The number of amides is 1. The molecule has 0 bridgehead atoms. The fraction of sp³-hybridized carbons (Fsp3) is 0.500. The summed E-state index contributed by atoms with van der Waals surface area (Å²) in [7, 11) is 1.28. The Morgan fingerprint density at radius 1 is 1.32 bits per heavy atom. The average Bonchev–Trinajstić information content (AvgIpc) is 3.28. The number of hydrogen-bond donors (Lipinski definition) is 2. The molecule has 2 heterocycles. The number of ketones is 1. The minimum absolute atomic E-state index is 0.0335. The fourth-order valence-electron chi connectivity index (χ4n) is 4.21. The molecule has 0 saturated carbocycles. The van der Waals surface area contributed by atoms with E-state index in [1.165, 1.54) is 24.9 Å². The molecule has 1 aliphatic rings. The average molecular weight is 528 g/mol. The minimum Gasteiger partial charge on any atom is -0.507 e. The van der Waals surface area contributed by atoms with Gasteiger partial charge >= 0.3 is 11.7 Å². The first-order chi connectivity index (χ1) is 18.0. The third kappa shape index (κ3) is 8.87. The van der Waals surface area contributed by atoms with Crippen molar-refractivity contribution < 1.29 is 28.6 Å². The summed E-state index contributed by atoms with van der Waals surface area (Å²) in [5.74, 6) is -1.45. The van der Waals surface area contributed by atoms with Gasteiger partial charge in [0.15, 0.2) is 5.78 Å². The monoisotopic (exact) mass is 527 g/mol. The van der Waals surface area contributed by atoms with Gasteiger partial charge in [0.05, 0.1) is 18.8 Å². The van der Waals surface area contributed by atoms with Gasteiger partial charge in [-0.2, -0.15) is 0 Å². The molecule has 0 radical (unpaired) electrons. The highest BCUT2D eigenvalue weighted by molar-refractivity contribution is 6.00. The van der Waals surface area contributed by atoms with Crippen LogP contribution in [-0.4, -0.2) is 35.8 Å². The Bertz CT molecular complexity index is 1140. The molecule has 2 N–H and O–H groups in total. The quantitative estimate of drug-likeness (QED) is 0.241. The number of Topliss-reactive ketones (excluding diaryl/α,β-unsaturated/α-hetero) is 1. The molecule has 4 atom stereocenters. The first kappa shape index (κ1) is 30.8. The highest BCUT2D eigenvalue weighted by Crippen LogP contribution is 2.35. The molecule has 0 aliphatic carbocycles. The third-order valence-electron chi connectivity index (χ3n) is 6.74. The van der Waals surface area contributed by atoms with Gasteiger partial charge in [-0.05, 0) is 58.4 Å². The standard InChI is InChI=1S/C30H41NO7/c1-7-8-9-12-20(2)24-15-17-30(5,38-24)16-14-22(4)27(33)26-23(32)19-25(37-28(26)34)21(3)13-10-11-18-31-29(35)36-6/h7-8,11-12,14,16,18-19,21-22,24,32H,9-10,13,15,17H2,1-6H3,(H,31,35)/b8-7+,16-14+,18-11+,20-12-. The summed E-state index contributed by atoms with van der Waals surface area (Å²) in [6, 6.07) is 1.33. The zero-order valence-electron chi connectivity index (χ0n) is 23.3. The highest BCUT2D eigenvalue weighted by Gasteiger charge is 2.35. The van der Waals surface area contributed by atoms with Crippen molar-refractivity contribution in [2.24, 2.45) is 5.92 Å². The molecule has 1 aromatic rings. The molecule has 38 heavy (non-hydrogen) atoms. The van der Waals surface area contributed by atoms with E-state index in [9.17, 15) is 19.5 Å². The molecule has 2 rings (SSSR count). The van der Waals surface area contributed by atoms with Gasteiger partial charge in [0.2, 0.25) is 0 Å². The Morgan fingerprint density at radius 3 is 2.71 bits per heavy atom. The lowest BCUT2D eigenvalue weighted by Crippen LogP contribution is -2.24. The van der Waals surface area contributed by atoms with Gasteiger partial charge in [0, 0.05) is 24.1 Å². The van der Waals surface area contributed by atoms with Gasteiger partial charge in [0.1, 0.15) is 17.1 Å². The number of carbonyl (C=O) groups is 2. The van der Waals surface area contributed by atoms with Crippen LogP contribution in [0.25, 0.3) is 0 Å². The SMILES string of the molecule is C/C=C/C/C=C(/C)C1CCC(C)(/C=C/C(C)C(=O)c2c(O)cc(C(C)CC/C=C/NC(=O)OC)oc2=O)O1. The van der Waals surface area contributed by atoms with E-state index in [2.05, 4.69) is 29.1 Å². The highest BCUT2D eigenvalue weighted by atomic mass is 16.5. The second-order valence-electron chi connectivity index (χ2n) is 9.94. The van der Waals surface area contributed by atoms with Crippen LogP contribution in [-0.2, 0) is 9.47 Å². The molecule has 4 unspecified atom stereocenters. The Morgan fingerprint density at radius 2 is 2.05 bits per heavy atom. The van der Waals surface area contributed by atoms with Crippen LogP contribution in [0.3, 0.4) is 0 Å². The summed E-state index contributed by atoms with van der Waals surface area (Å²) in [4.78, 5) is 36.7. The zero-order chi connectivity index (χ0) is 28.3. The van der Waals surface area contributed by atoms with Crippen molar-refractivity contribution in [3.8, 4) is 5.75 Å². The Balaban J connectivity index is 2.02. The number of hydrogen-bond acceptors (Lipinski definition) is 7. The third-order valence-corrected chi connectivity index (χ3v) is 6.74. The molecular formula is C30H41NO7. The van der Waals surface area contributed by atoms with Gasteiger partial charge in [0.25, 0.3) is 0 Å². The number of nitrogens with one attached hydrogen (secondary N) is 1. The molecular weight excluding hydrogens is 486 g/mol. The van der Waals surface area contributed by atoms with Crippen LogP contribution >= 0.6 is 0 Å². The normalized spacial score (nSPS) is 21.8. The summed E-state index contributed by atoms with van der Waals surface area (Å²) < 4.78 is 16.2. The predicted molar refractivity (Wildman–Crippen MR) is 147 cm³/mol. The number of ether oxygens (including phenoxy) is 2. The van der Waals surface area contributed by atoms with Gasteiger partial charge in [-0.15, -0.1) is 0 Å². The molecule has 8 heteroatoms. The van der Waals surface area contributed by atoms with Crippen molar-refractivity contribution >= 4 is 11.9 Å². The number of methoxy groups -OCH3 is 1. The molecule has 1 aromatic heterocycles. The smallest absolute Gasteiger partial charge is 0.410 e. The van der Waals surface area contributed by atoms with Gasteiger partial charge in [-0.1, -0.05) is 50.3 Å². The maximum atomic E-state index is 13.0. The van der Waals surface area contributed by atoms with E-state index in [-0.39, 0.29) is 29.1 Å². The van der Waals surface area contributed by atoms with Crippen molar-refractivity contribution in [2.45, 2.75) is 84.3 Å². The van der Waals surface area contributed by atoms with Crippen LogP contribution in [0.5, 0.6) is 5.75 Å². The molecule has 1 saturated heterocycles. The first-order valence-corrected chi connectivity index (χ1v) is 13.1. The van der Waals surface area contributed by atoms with Crippen LogP contribution in [0.4, 0.5) is 4.79 Å². The topological polar surface area (TPSA) is 115 Å². The van der Waals surface area contributed by atoms with E-state index in [1.807, 2.05) is 32.9 Å². The van der Waals surface area contributed by atoms with E-state index >= 15 is 0 Å². The van der Waals surface area contributed by atoms with Crippen molar-refractivity contribution in [3.05, 3.63) is 76.0 Å². The van der Waals surface area contributed by atoms with E-state index in [0.29, 0.717) is 12.8 Å². The summed E-state index contributed by atoms with van der Waals surface area (Å²) in [5.41, 5.74) is -0.527. The summed E-state index contributed by atoms with van der Waals surface area (Å²) in [6.07, 6.45) is 16.3. The van der Waals surface area contributed by atoms with Crippen LogP contribution in [0.1, 0.15) is 88.8 Å². The van der Waals surface area contributed by atoms with E-state index in [0.717, 1.165) is 19.3 Å². The molecule has 1 aliphatic heterocycles. The van der Waals surface area contributed by atoms with Crippen LogP contribution in [0, 0.1) is 5.92 Å². The summed E-state index contributed by atoms with van der Waals surface area (Å²) >= 11 is 0. The van der Waals surface area contributed by atoms with Crippen molar-refractivity contribution in [1.29, 1.82) is 0 Å². The lowest BCUT2D eigenvalue weighted by molar-refractivity contribution is 0.0215. The van der Waals surface area contributed by atoms with Gasteiger partial charge < -0.3 is 19.0 Å². The van der Waals surface area contributed by atoms with Crippen LogP contribution in [0.15, 0.2) is 63.5 Å². The molecule has 208 valence electrons. The number of alkyl carbamates (subject to hydrolysis) is 1. The van der Waals surface area contributed by atoms with E-state index in [4.69, 9.17) is 9.15 Å². The Hall–Kier alpha value is -3.39. The molecule has 1 amide bonds. The number of rotatable bonds is 12. The molecule has 0 aromatic carbocycles. The largest absolute Gasteiger partial charge is 0.507 e. The maximum absolute atomic E-state index is 13.0. The van der Waals surface area contributed by atoms with Crippen molar-refractivity contribution in [3.63, 3.8) is 0 Å². The summed E-state index contributed by atoms with van der Waals surface area (Å²) in [5, 5.41) is 13.0. The maximum Gasteiger partial charge on any atom is 0.410 e. The van der Waals surface area contributed by atoms with E-state index < -0.39 is 29.0 Å². The van der Waals surface area contributed by atoms with Gasteiger partial charge in [-0.25, -0.2) is 9.59 Å². The number of allylic oxidation sites excluding steroid dienone is 5. The van der Waals surface area contributed by atoms with Crippen molar-refractivity contribution in [2.75, 3.05) is 7.11 Å². The first-order valence-electron chi connectivity index (χ1n) is 13.1. The lowest BCUT2D eigenvalue weighted by Gasteiger charge is -2.22. The second kappa shape index (κ2) is 14.5. The number of aromatic hydroxyl groups is 1. The van der Waals surface area contributed by atoms with E-state index in [1.54, 1.807) is 19.1 Å². The Labute approximate surface area is 225 Å². The lowest BCUT2D eigenvalue weighted by atomic mass is 9.94. The van der Waals surface area contributed by atoms with Crippen LogP contribution < -0.4 is 10.9 Å². The second-order valence-corrected chi connectivity index (χ2v) is 9.94. The fourth-order valence-corrected chi connectivity index (χ4v) is 4.21.